The summed E-state index contributed by atoms with van der Waals surface area (Å²) in [6, 6.07) is 0. The fourth-order valence-corrected chi connectivity index (χ4v) is 6.11. The third-order valence-corrected chi connectivity index (χ3v) is 9.56. The van der Waals surface area contributed by atoms with Crippen LogP contribution in [0.3, 0.4) is 0 Å². The van der Waals surface area contributed by atoms with Gasteiger partial charge in [0.15, 0.2) is 6.10 Å². The molecule has 4 N–H and O–H groups in total. The molecule has 270 valence electrons. The minimum Gasteiger partial charge on any atom is -0.439 e. The number of aliphatic hydroxyl groups excluding tert-OH is 2. The number of nitrogens with zero attached hydrogens (tertiary/aromatic N) is 2. The zero-order valence-electron chi connectivity index (χ0n) is 30.1. The van der Waals surface area contributed by atoms with Crippen LogP contribution in [-0.2, 0) is 14.3 Å². The van der Waals surface area contributed by atoms with Crippen molar-refractivity contribution in [3.05, 3.63) is 36.0 Å². The normalized spacial score (nSPS) is 24.8. The third-order valence-electron chi connectivity index (χ3n) is 9.56. The van der Waals surface area contributed by atoms with E-state index in [0.717, 1.165) is 58.4 Å². The molecule has 0 radical (unpaired) electrons. The highest BCUT2D eigenvalue weighted by Gasteiger charge is 2.45. The van der Waals surface area contributed by atoms with E-state index in [4.69, 9.17) is 9.47 Å². The Kier molecular flexibility index (Phi) is 18.4. The van der Waals surface area contributed by atoms with Crippen molar-refractivity contribution in [3.8, 4) is 0 Å². The molecule has 9 unspecified atom stereocenters. The van der Waals surface area contributed by atoms with E-state index in [1.165, 1.54) is 5.57 Å². The van der Waals surface area contributed by atoms with E-state index in [-0.39, 0.29) is 49.4 Å². The average molecular weight is 664 g/mol. The predicted octanol–water partition coefficient (Wildman–Crippen LogP) is 4.49. The Morgan fingerprint density at radius 1 is 1.11 bits per heavy atom. The second-order valence-corrected chi connectivity index (χ2v) is 14.4. The summed E-state index contributed by atoms with van der Waals surface area (Å²) in [7, 11) is 2.12. The number of piperazine rings is 1. The third kappa shape index (κ3) is 16.2. The number of aliphatic hydroxyl groups is 3. The molecule has 10 nitrogen and oxygen atoms in total. The molecule has 10 heteroatoms. The first-order chi connectivity index (χ1) is 22.2. The first-order valence-electron chi connectivity index (χ1n) is 17.8. The maximum absolute atomic E-state index is 12.8. The van der Waals surface area contributed by atoms with Crippen LogP contribution in [0.2, 0.25) is 0 Å². The van der Waals surface area contributed by atoms with E-state index in [1.807, 2.05) is 13.0 Å². The molecular weight excluding hydrogens is 598 g/mol. The van der Waals surface area contributed by atoms with E-state index in [2.05, 4.69) is 68.1 Å². The molecule has 0 bridgehead atoms. The lowest BCUT2D eigenvalue weighted by Gasteiger charge is -2.32. The van der Waals surface area contributed by atoms with Gasteiger partial charge in [0.05, 0.1) is 24.4 Å². The highest BCUT2D eigenvalue weighted by molar-refractivity contribution is 5.67. The summed E-state index contributed by atoms with van der Waals surface area (Å²) < 4.78 is 11.6. The highest BCUT2D eigenvalue weighted by Crippen LogP contribution is 2.36. The Bertz CT molecular complexity index is 1010. The minimum absolute atomic E-state index is 0.00171. The number of likely N-dealkylation sites (N-methyl/N-ethyl adjacent to an activating group) is 1. The van der Waals surface area contributed by atoms with Crippen LogP contribution in [0, 0.1) is 17.8 Å². The van der Waals surface area contributed by atoms with Gasteiger partial charge in [-0.15, -0.1) is 0 Å². The van der Waals surface area contributed by atoms with Crippen molar-refractivity contribution in [1.82, 2.24) is 15.1 Å². The van der Waals surface area contributed by atoms with Crippen LogP contribution in [0.25, 0.3) is 0 Å². The fourth-order valence-electron chi connectivity index (χ4n) is 6.11. The molecule has 0 spiro atoms. The van der Waals surface area contributed by atoms with E-state index in [9.17, 15) is 24.9 Å². The van der Waals surface area contributed by atoms with E-state index in [1.54, 1.807) is 13.0 Å². The summed E-state index contributed by atoms with van der Waals surface area (Å²) in [5, 5.41) is 34.3. The molecular formula is C37H65N3O7. The summed E-state index contributed by atoms with van der Waals surface area (Å²) in [5.41, 5.74) is -0.234. The number of ether oxygens (including phenoxy) is 2. The number of carbonyl (C=O) groups excluding carboxylic acids is 2. The summed E-state index contributed by atoms with van der Waals surface area (Å²) in [5.74, 6) is 0.645. The molecule has 0 aromatic heterocycles. The molecule has 9 atom stereocenters. The van der Waals surface area contributed by atoms with E-state index >= 15 is 0 Å². The lowest BCUT2D eigenvalue weighted by Crippen LogP contribution is -2.45. The van der Waals surface area contributed by atoms with Crippen molar-refractivity contribution in [2.75, 3.05) is 46.3 Å². The lowest BCUT2D eigenvalue weighted by molar-refractivity contribution is -0.110. The second-order valence-electron chi connectivity index (χ2n) is 14.4. The van der Waals surface area contributed by atoms with Gasteiger partial charge in [0.25, 0.3) is 0 Å². The molecule has 2 aliphatic rings. The largest absolute Gasteiger partial charge is 0.439 e. The summed E-state index contributed by atoms with van der Waals surface area (Å²) >= 11 is 0. The Morgan fingerprint density at radius 3 is 2.47 bits per heavy atom. The number of allylic oxidation sites excluding steroid dienone is 5. The van der Waals surface area contributed by atoms with Gasteiger partial charge < -0.3 is 44.7 Å². The van der Waals surface area contributed by atoms with Gasteiger partial charge in [0.1, 0.15) is 11.9 Å². The van der Waals surface area contributed by atoms with Gasteiger partial charge in [0, 0.05) is 45.1 Å². The number of hydrogen-bond acceptors (Lipinski definition) is 9. The van der Waals surface area contributed by atoms with Gasteiger partial charge in [0.2, 0.25) is 0 Å². The van der Waals surface area contributed by atoms with Crippen molar-refractivity contribution in [2.24, 2.45) is 17.8 Å². The Labute approximate surface area is 284 Å². The number of carbonyl (C=O) groups is 2. The molecule has 2 saturated heterocycles. The topological polar surface area (TPSA) is 135 Å². The molecule has 0 aromatic rings. The number of aldehydes is 1. The molecule has 47 heavy (non-hydrogen) atoms. The van der Waals surface area contributed by atoms with Crippen LogP contribution < -0.4 is 5.32 Å². The molecule has 0 aromatic carbocycles. The number of amides is 1. The maximum atomic E-state index is 12.8. The molecule has 0 saturated carbocycles. The van der Waals surface area contributed by atoms with Crippen molar-refractivity contribution in [1.29, 1.82) is 0 Å². The monoisotopic (exact) mass is 663 g/mol. The zero-order chi connectivity index (χ0) is 35.0. The number of alkyl carbamates (subject to hydrolysis) is 1. The van der Waals surface area contributed by atoms with Crippen LogP contribution in [0.15, 0.2) is 36.0 Å². The fraction of sp³-hybridized carbons (Fsp3) is 0.784. The van der Waals surface area contributed by atoms with Crippen molar-refractivity contribution in [2.45, 2.75) is 123 Å². The smallest absolute Gasteiger partial charge is 0.407 e. The van der Waals surface area contributed by atoms with Crippen LogP contribution in [-0.4, -0.2) is 120 Å². The first-order valence-corrected chi connectivity index (χ1v) is 17.8. The molecule has 0 aliphatic carbocycles. The molecule has 2 aliphatic heterocycles. The Hall–Kier alpha value is -2.08. The summed E-state index contributed by atoms with van der Waals surface area (Å²) in [6.45, 7) is 17.5. The van der Waals surface area contributed by atoms with Gasteiger partial charge in [-0.3, -0.25) is 0 Å². The van der Waals surface area contributed by atoms with Crippen LogP contribution in [0.1, 0.15) is 86.5 Å². The number of nitrogens with one attached hydrogen (secondary N) is 1. The SMILES string of the molecule is CCC(O)C(C)C1OC1CC(C)/C=C/C=C(\C)CC(C)/C=C/C(OC(=O)NCCCN1CCN(C)CC1)C(C)(O)CCC(O)CC=O. The van der Waals surface area contributed by atoms with E-state index in [0.29, 0.717) is 18.7 Å². The predicted molar refractivity (Wildman–Crippen MR) is 187 cm³/mol. The van der Waals surface area contributed by atoms with Crippen LogP contribution >= 0.6 is 0 Å². The summed E-state index contributed by atoms with van der Waals surface area (Å²) in [4.78, 5) is 28.3. The van der Waals surface area contributed by atoms with Gasteiger partial charge in [-0.1, -0.05) is 57.6 Å². The van der Waals surface area contributed by atoms with Crippen LogP contribution in [0.5, 0.6) is 0 Å². The summed E-state index contributed by atoms with van der Waals surface area (Å²) in [6.07, 6.45) is 12.1. The van der Waals surface area contributed by atoms with Crippen molar-refractivity contribution >= 4 is 12.4 Å². The van der Waals surface area contributed by atoms with Gasteiger partial charge >= 0.3 is 6.09 Å². The highest BCUT2D eigenvalue weighted by atomic mass is 16.6. The number of epoxide rings is 1. The Morgan fingerprint density at radius 2 is 1.81 bits per heavy atom. The minimum atomic E-state index is -1.43. The van der Waals surface area contributed by atoms with Crippen LogP contribution in [0.4, 0.5) is 4.79 Å². The standard InChI is InChI=1S/C37H65N3O7/c1-8-32(43)30(5)35-33(46-35)26-28(3)12-9-11-27(2)25-29(4)13-14-34(37(6,45)17-15-31(42)16-24-41)47-36(44)38-18-10-19-40-22-20-39(7)21-23-40/h9,11-14,24,28-35,42-43,45H,8,10,15-23,25-26H2,1-7H3,(H,38,44)/b12-9+,14-13+,27-11+. The Balaban J connectivity index is 1.89. The van der Waals surface area contributed by atoms with Crippen molar-refractivity contribution < 1.29 is 34.4 Å². The molecule has 2 rings (SSSR count). The van der Waals surface area contributed by atoms with E-state index < -0.39 is 23.9 Å². The number of rotatable bonds is 22. The molecule has 2 heterocycles. The van der Waals surface area contributed by atoms with Gasteiger partial charge in [-0.05, 0) is 83.9 Å². The van der Waals surface area contributed by atoms with Gasteiger partial charge in [-0.25, -0.2) is 4.79 Å². The molecule has 2 fully saturated rings. The zero-order valence-corrected chi connectivity index (χ0v) is 30.1. The van der Waals surface area contributed by atoms with Crippen molar-refractivity contribution in [3.63, 3.8) is 0 Å². The lowest BCUT2D eigenvalue weighted by atomic mass is 9.90. The quantitative estimate of drug-likeness (QED) is 0.0435. The average Bonchev–Trinajstić information content (AvgIpc) is 3.79. The number of hydrogen-bond donors (Lipinski definition) is 4. The first kappa shape index (κ1) is 41.1. The second kappa shape index (κ2) is 21.1. The molecule has 1 amide bonds. The maximum Gasteiger partial charge on any atom is 0.407 e. The van der Waals surface area contributed by atoms with Gasteiger partial charge in [-0.2, -0.15) is 0 Å².